The van der Waals surface area contributed by atoms with E-state index >= 15 is 0 Å². The summed E-state index contributed by atoms with van der Waals surface area (Å²) in [4.78, 5) is 39.7. The van der Waals surface area contributed by atoms with E-state index in [1.54, 1.807) is 32.9 Å². The fourth-order valence-electron chi connectivity index (χ4n) is 2.63. The number of ether oxygens (including phenoxy) is 2. The molecule has 0 fully saturated rings. The molecule has 2 aromatic rings. The Bertz CT molecular complexity index is 852. The summed E-state index contributed by atoms with van der Waals surface area (Å²) in [7, 11) is 0. The molecule has 0 spiro atoms. The van der Waals surface area contributed by atoms with E-state index in [0.717, 1.165) is 0 Å². The van der Waals surface area contributed by atoms with Crippen LogP contribution in [0.2, 0.25) is 0 Å². The van der Waals surface area contributed by atoms with Crippen molar-refractivity contribution in [2.75, 3.05) is 6.61 Å². The van der Waals surface area contributed by atoms with Gasteiger partial charge in [0.1, 0.15) is 11.3 Å². The fourth-order valence-corrected chi connectivity index (χ4v) is 2.63. The molecule has 2 rings (SSSR count). The second-order valence-electron chi connectivity index (χ2n) is 5.77. The number of para-hydroxylation sites is 1. The molecule has 7 heteroatoms. The van der Waals surface area contributed by atoms with E-state index in [1.807, 2.05) is 0 Å². The third-order valence-electron chi connectivity index (χ3n) is 3.94. The number of Topliss-reactive ketones (excluding diaryl/α,β-unsaturated/α-hetero) is 1. The Morgan fingerprint density at radius 2 is 1.81 bits per heavy atom. The number of ketones is 1. The van der Waals surface area contributed by atoms with Crippen LogP contribution in [0.3, 0.4) is 0 Å². The van der Waals surface area contributed by atoms with Crippen molar-refractivity contribution in [3.8, 4) is 5.75 Å². The van der Waals surface area contributed by atoms with Crippen LogP contribution < -0.4 is 0 Å². The number of aromatic amines is 1. The maximum absolute atomic E-state index is 12.6. The molecule has 0 aliphatic heterocycles. The second-order valence-corrected chi connectivity index (χ2v) is 5.77. The minimum absolute atomic E-state index is 0.0289. The molecule has 0 aliphatic rings. The number of hydrogen-bond acceptors (Lipinski definition) is 6. The van der Waals surface area contributed by atoms with Crippen molar-refractivity contribution in [2.45, 2.75) is 33.8 Å². The van der Waals surface area contributed by atoms with E-state index in [-0.39, 0.29) is 23.6 Å². The highest BCUT2D eigenvalue weighted by molar-refractivity contribution is 6.04. The minimum atomic E-state index is -1.10. The number of nitrogens with one attached hydrogen (secondary N) is 1. The fraction of sp³-hybridized carbons (Fsp3) is 0.316. The maximum Gasteiger partial charge on any atom is 0.342 e. The summed E-state index contributed by atoms with van der Waals surface area (Å²) >= 11 is 0. The molecule has 1 aromatic carbocycles. The van der Waals surface area contributed by atoms with Crippen molar-refractivity contribution in [3.63, 3.8) is 0 Å². The zero-order valence-electron chi connectivity index (χ0n) is 15.1. The van der Waals surface area contributed by atoms with Crippen molar-refractivity contribution in [3.05, 3.63) is 52.3 Å². The van der Waals surface area contributed by atoms with Gasteiger partial charge in [0.05, 0.1) is 17.9 Å². The van der Waals surface area contributed by atoms with Crippen LogP contribution in [-0.4, -0.2) is 40.5 Å². The van der Waals surface area contributed by atoms with Crippen LogP contribution in [-0.2, 0) is 9.47 Å². The lowest BCUT2D eigenvalue weighted by Crippen LogP contribution is -2.25. The summed E-state index contributed by atoms with van der Waals surface area (Å²) in [6.45, 7) is 6.64. The predicted molar refractivity (Wildman–Crippen MR) is 93.5 cm³/mol. The Kier molecular flexibility index (Phi) is 5.82. The summed E-state index contributed by atoms with van der Waals surface area (Å²) in [6, 6.07) is 5.90. The number of H-pyrrole nitrogens is 1. The molecule has 26 heavy (non-hydrogen) atoms. The van der Waals surface area contributed by atoms with Crippen molar-refractivity contribution in [1.29, 1.82) is 0 Å². The Morgan fingerprint density at radius 3 is 2.42 bits per heavy atom. The number of benzene rings is 1. The summed E-state index contributed by atoms with van der Waals surface area (Å²) in [5.41, 5.74) is 1.40. The average Bonchev–Trinajstić information content (AvgIpc) is 2.89. The Hall–Kier alpha value is -3.09. The van der Waals surface area contributed by atoms with Gasteiger partial charge in [-0.15, -0.1) is 0 Å². The van der Waals surface area contributed by atoms with Crippen LogP contribution >= 0.6 is 0 Å². The Morgan fingerprint density at radius 1 is 1.15 bits per heavy atom. The van der Waals surface area contributed by atoms with Gasteiger partial charge in [-0.25, -0.2) is 9.59 Å². The van der Waals surface area contributed by atoms with Gasteiger partial charge in [-0.3, -0.25) is 4.79 Å². The van der Waals surface area contributed by atoms with Crippen molar-refractivity contribution in [2.24, 2.45) is 0 Å². The summed E-state index contributed by atoms with van der Waals surface area (Å²) in [5, 5.41) is 9.70. The number of phenols is 1. The number of aryl methyl sites for hydroxylation is 1. The number of aromatic nitrogens is 1. The molecule has 2 N–H and O–H groups in total. The number of rotatable bonds is 6. The SMILES string of the molecule is CCOC(=O)c1c(C)[nH]c(C(=O)C(C)OC(=O)c2ccccc2O)c1C. The number of esters is 2. The molecule has 1 heterocycles. The third kappa shape index (κ3) is 3.77. The lowest BCUT2D eigenvalue weighted by atomic mass is 10.1. The maximum atomic E-state index is 12.6. The van der Waals surface area contributed by atoms with E-state index in [0.29, 0.717) is 16.8 Å². The molecule has 0 radical (unpaired) electrons. The third-order valence-corrected chi connectivity index (χ3v) is 3.94. The number of phenolic OH excluding ortho intramolecular Hbond substituents is 1. The van der Waals surface area contributed by atoms with Crippen LogP contribution in [0.5, 0.6) is 5.75 Å². The summed E-state index contributed by atoms with van der Waals surface area (Å²) in [6.07, 6.45) is -1.10. The van der Waals surface area contributed by atoms with Crippen molar-refractivity contribution < 1.29 is 29.0 Å². The molecule has 1 atom stereocenters. The molecule has 1 aromatic heterocycles. The molecule has 0 saturated heterocycles. The minimum Gasteiger partial charge on any atom is -0.507 e. The van der Waals surface area contributed by atoms with Gasteiger partial charge in [-0.1, -0.05) is 12.1 Å². The highest BCUT2D eigenvalue weighted by atomic mass is 16.5. The van der Waals surface area contributed by atoms with Gasteiger partial charge in [-0.2, -0.15) is 0 Å². The molecule has 138 valence electrons. The standard InChI is InChI=1S/C19H21NO6/c1-5-25-19(24)15-10(2)16(20-11(15)3)17(22)12(4)26-18(23)13-8-6-7-9-14(13)21/h6-9,12,20-21H,5H2,1-4H3. The zero-order valence-corrected chi connectivity index (χ0v) is 15.1. The van der Waals surface area contributed by atoms with Crippen LogP contribution in [0.25, 0.3) is 0 Å². The van der Waals surface area contributed by atoms with Gasteiger partial charge in [-0.05, 0) is 45.4 Å². The van der Waals surface area contributed by atoms with Crippen LogP contribution in [0.4, 0.5) is 0 Å². The number of aromatic hydroxyl groups is 1. The van der Waals surface area contributed by atoms with E-state index in [4.69, 9.17) is 9.47 Å². The van der Waals surface area contributed by atoms with E-state index in [9.17, 15) is 19.5 Å². The van der Waals surface area contributed by atoms with Crippen molar-refractivity contribution >= 4 is 17.7 Å². The molecule has 0 saturated carbocycles. The van der Waals surface area contributed by atoms with E-state index < -0.39 is 23.8 Å². The van der Waals surface area contributed by atoms with Gasteiger partial charge in [0.2, 0.25) is 5.78 Å². The van der Waals surface area contributed by atoms with Gasteiger partial charge in [0.15, 0.2) is 6.10 Å². The van der Waals surface area contributed by atoms with Gasteiger partial charge in [0, 0.05) is 5.69 Å². The summed E-state index contributed by atoms with van der Waals surface area (Å²) in [5.74, 6) is -2.04. The first-order chi connectivity index (χ1) is 12.3. The van der Waals surface area contributed by atoms with E-state index in [1.165, 1.54) is 19.1 Å². The van der Waals surface area contributed by atoms with Crippen LogP contribution in [0.15, 0.2) is 24.3 Å². The number of carbonyl (C=O) groups excluding carboxylic acids is 3. The first-order valence-corrected chi connectivity index (χ1v) is 8.17. The molecular formula is C19H21NO6. The molecule has 0 bridgehead atoms. The quantitative estimate of drug-likeness (QED) is 0.607. The zero-order chi connectivity index (χ0) is 19.4. The van der Waals surface area contributed by atoms with Gasteiger partial charge in [0.25, 0.3) is 0 Å². The topological polar surface area (TPSA) is 106 Å². The summed E-state index contributed by atoms with van der Waals surface area (Å²) < 4.78 is 10.2. The van der Waals surface area contributed by atoms with Crippen LogP contribution in [0.1, 0.15) is 56.3 Å². The monoisotopic (exact) mass is 359 g/mol. The number of carbonyl (C=O) groups is 3. The van der Waals surface area contributed by atoms with E-state index in [2.05, 4.69) is 4.98 Å². The van der Waals surface area contributed by atoms with Gasteiger partial charge < -0.3 is 19.6 Å². The lowest BCUT2D eigenvalue weighted by molar-refractivity contribution is 0.0314. The lowest BCUT2D eigenvalue weighted by Gasteiger charge is -2.13. The molecule has 1 unspecified atom stereocenters. The highest BCUT2D eigenvalue weighted by Gasteiger charge is 2.28. The second kappa shape index (κ2) is 7.86. The molecule has 7 nitrogen and oxygen atoms in total. The first kappa shape index (κ1) is 19.2. The number of hydrogen-bond donors (Lipinski definition) is 2. The Balaban J connectivity index is 2.21. The smallest absolute Gasteiger partial charge is 0.342 e. The average molecular weight is 359 g/mol. The predicted octanol–water partition coefficient (Wildman–Crippen LogP) is 2.94. The molecule has 0 amide bonds. The van der Waals surface area contributed by atoms with Gasteiger partial charge >= 0.3 is 11.9 Å². The highest BCUT2D eigenvalue weighted by Crippen LogP contribution is 2.22. The van der Waals surface area contributed by atoms with Crippen molar-refractivity contribution in [1.82, 2.24) is 4.98 Å². The van der Waals surface area contributed by atoms with Crippen LogP contribution in [0, 0.1) is 13.8 Å². The molecule has 0 aliphatic carbocycles. The normalized spacial score (nSPS) is 11.7. The molecular weight excluding hydrogens is 338 g/mol. The first-order valence-electron chi connectivity index (χ1n) is 8.17. The Labute approximate surface area is 150 Å². The largest absolute Gasteiger partial charge is 0.507 e.